The highest BCUT2D eigenvalue weighted by molar-refractivity contribution is 6.04. The van der Waals surface area contributed by atoms with Crippen LogP contribution in [0.2, 0.25) is 0 Å². The van der Waals surface area contributed by atoms with Gasteiger partial charge in [-0.1, -0.05) is 24.1 Å². The maximum absolute atomic E-state index is 12.7. The number of rotatable bonds is 2. The number of carbonyl (C=O) groups excluding carboxylic acids is 1. The van der Waals surface area contributed by atoms with Crippen molar-refractivity contribution in [3.63, 3.8) is 0 Å². The van der Waals surface area contributed by atoms with Crippen molar-refractivity contribution in [2.24, 2.45) is 0 Å². The number of benzene rings is 2. The monoisotopic (exact) mass is 491 g/mol. The first-order valence-electron chi connectivity index (χ1n) is 12.9. The van der Waals surface area contributed by atoms with Crippen molar-refractivity contribution in [1.82, 2.24) is 19.6 Å². The number of anilines is 1. The largest absolute Gasteiger partial charge is 0.322 e. The fraction of sp³-hybridized carbons (Fsp3) is 0.290. The second kappa shape index (κ2) is 11.4. The minimum Gasteiger partial charge on any atom is -0.322 e. The average molecular weight is 492 g/mol. The molecule has 6 rings (SSSR count). The summed E-state index contributed by atoms with van der Waals surface area (Å²) in [5.74, 6) is 6.35. The van der Waals surface area contributed by atoms with Crippen LogP contribution in [0.15, 0.2) is 67.0 Å². The normalized spacial score (nSPS) is 14.8. The summed E-state index contributed by atoms with van der Waals surface area (Å²) in [6.45, 7) is 6.76. The van der Waals surface area contributed by atoms with E-state index < -0.39 is 0 Å². The molecule has 0 radical (unpaired) electrons. The number of nitrogens with zero attached hydrogens (tertiary/aromatic N) is 3. The van der Waals surface area contributed by atoms with Crippen LogP contribution >= 0.6 is 0 Å². The standard InChI is InChI=1S/C26H21N3O.C5H12N2/c1-18-8-12-23(28-26(30)22-10-9-19-5-4-6-21(19)15-22)16-20(18)11-13-24-17-27-25-7-2-3-14-29(24)25;1-7-4-2-6-3-5-7/h2-3,7-10,12,14-17H,4-6H2,1H3,(H,28,30);6H,2-5H2,1H3. The van der Waals surface area contributed by atoms with Crippen LogP contribution in [0.5, 0.6) is 0 Å². The summed E-state index contributed by atoms with van der Waals surface area (Å²) in [5.41, 5.74) is 7.76. The van der Waals surface area contributed by atoms with E-state index in [4.69, 9.17) is 0 Å². The molecule has 1 aliphatic heterocycles. The van der Waals surface area contributed by atoms with Gasteiger partial charge in [0.2, 0.25) is 0 Å². The lowest BCUT2D eigenvalue weighted by molar-refractivity contribution is 0.102. The second-order valence-corrected chi connectivity index (χ2v) is 9.70. The zero-order chi connectivity index (χ0) is 25.6. The van der Waals surface area contributed by atoms with Gasteiger partial charge in [0.25, 0.3) is 5.91 Å². The molecule has 2 N–H and O–H groups in total. The van der Waals surface area contributed by atoms with E-state index in [1.807, 2.05) is 66.1 Å². The van der Waals surface area contributed by atoms with Gasteiger partial charge in [-0.05, 0) is 92.2 Å². The third-order valence-electron chi connectivity index (χ3n) is 6.94. The average Bonchev–Trinajstić information content (AvgIpc) is 3.56. The molecule has 4 aromatic rings. The summed E-state index contributed by atoms with van der Waals surface area (Å²) < 4.78 is 1.96. The number of aryl methyl sites for hydroxylation is 3. The summed E-state index contributed by atoms with van der Waals surface area (Å²) in [4.78, 5) is 19.4. The zero-order valence-corrected chi connectivity index (χ0v) is 21.6. The van der Waals surface area contributed by atoms with E-state index in [1.54, 1.807) is 6.20 Å². The lowest BCUT2D eigenvalue weighted by Crippen LogP contribution is -2.40. The first kappa shape index (κ1) is 24.8. The number of hydrogen-bond acceptors (Lipinski definition) is 4. The van der Waals surface area contributed by atoms with Crippen LogP contribution in [0.25, 0.3) is 5.65 Å². The molecule has 2 aliphatic rings. The van der Waals surface area contributed by atoms with Crippen LogP contribution in [0, 0.1) is 18.8 Å². The number of fused-ring (bicyclic) bond motifs is 2. The fourth-order valence-electron chi connectivity index (χ4n) is 4.68. The van der Waals surface area contributed by atoms with Gasteiger partial charge in [-0.2, -0.15) is 0 Å². The van der Waals surface area contributed by atoms with Crippen LogP contribution in [0.4, 0.5) is 5.69 Å². The van der Waals surface area contributed by atoms with Crippen molar-refractivity contribution in [3.05, 3.63) is 101 Å². The van der Waals surface area contributed by atoms with Crippen molar-refractivity contribution in [2.75, 3.05) is 38.5 Å². The lowest BCUT2D eigenvalue weighted by Gasteiger charge is -2.21. The maximum Gasteiger partial charge on any atom is 0.255 e. The minimum atomic E-state index is -0.0887. The number of nitrogens with one attached hydrogen (secondary N) is 2. The minimum absolute atomic E-state index is 0.0887. The smallest absolute Gasteiger partial charge is 0.255 e. The Kier molecular flexibility index (Phi) is 7.65. The predicted octanol–water partition coefficient (Wildman–Crippen LogP) is 4.30. The Labute approximate surface area is 218 Å². The summed E-state index contributed by atoms with van der Waals surface area (Å²) >= 11 is 0. The summed E-state index contributed by atoms with van der Waals surface area (Å²) in [6, 6.07) is 17.7. The molecule has 0 spiro atoms. The number of pyridine rings is 1. The number of amides is 1. The van der Waals surface area contributed by atoms with Crippen molar-refractivity contribution in [2.45, 2.75) is 26.2 Å². The third kappa shape index (κ3) is 6.08. The second-order valence-electron chi connectivity index (χ2n) is 9.70. The maximum atomic E-state index is 12.7. The van der Waals surface area contributed by atoms with Gasteiger partial charge < -0.3 is 15.5 Å². The van der Waals surface area contributed by atoms with E-state index in [9.17, 15) is 4.79 Å². The molecule has 0 saturated carbocycles. The van der Waals surface area contributed by atoms with Crippen LogP contribution < -0.4 is 10.6 Å². The van der Waals surface area contributed by atoms with Gasteiger partial charge in [-0.3, -0.25) is 9.20 Å². The molecule has 0 atom stereocenters. The molecule has 1 saturated heterocycles. The van der Waals surface area contributed by atoms with E-state index in [1.165, 1.54) is 30.6 Å². The summed E-state index contributed by atoms with van der Waals surface area (Å²) in [5, 5.41) is 6.29. The van der Waals surface area contributed by atoms with Crippen LogP contribution in [-0.4, -0.2) is 53.4 Å². The van der Waals surface area contributed by atoms with Crippen LogP contribution in [0.3, 0.4) is 0 Å². The molecule has 3 heterocycles. The van der Waals surface area contributed by atoms with Crippen molar-refractivity contribution in [1.29, 1.82) is 0 Å². The van der Waals surface area contributed by atoms with Crippen molar-refractivity contribution in [3.8, 4) is 11.8 Å². The molecule has 188 valence electrons. The Morgan fingerprint density at radius 3 is 2.65 bits per heavy atom. The molecule has 1 aliphatic carbocycles. The highest BCUT2D eigenvalue weighted by Crippen LogP contribution is 2.23. The Hall–Kier alpha value is -3.92. The number of carbonyl (C=O) groups is 1. The molecule has 2 aromatic heterocycles. The van der Waals surface area contributed by atoms with Gasteiger partial charge in [0.05, 0.1) is 6.20 Å². The third-order valence-corrected chi connectivity index (χ3v) is 6.94. The quantitative estimate of drug-likeness (QED) is 0.411. The number of aromatic nitrogens is 2. The highest BCUT2D eigenvalue weighted by atomic mass is 16.1. The molecule has 37 heavy (non-hydrogen) atoms. The lowest BCUT2D eigenvalue weighted by atomic mass is 10.1. The number of likely N-dealkylation sites (N-methyl/N-ethyl adjacent to an activating group) is 1. The molecule has 6 nitrogen and oxygen atoms in total. The van der Waals surface area contributed by atoms with Crippen molar-refractivity contribution >= 4 is 17.2 Å². The van der Waals surface area contributed by atoms with Gasteiger partial charge in [0, 0.05) is 49.2 Å². The van der Waals surface area contributed by atoms with E-state index in [2.05, 4.69) is 45.5 Å². The number of imidazole rings is 1. The molecular formula is C31H33N5O. The van der Waals surface area contributed by atoms with E-state index in [0.29, 0.717) is 5.56 Å². The molecule has 1 amide bonds. The highest BCUT2D eigenvalue weighted by Gasteiger charge is 2.14. The molecule has 2 aromatic carbocycles. The Morgan fingerprint density at radius 2 is 1.84 bits per heavy atom. The molecular weight excluding hydrogens is 458 g/mol. The molecule has 6 heteroatoms. The fourth-order valence-corrected chi connectivity index (χ4v) is 4.68. The zero-order valence-electron chi connectivity index (χ0n) is 21.6. The summed E-state index contributed by atoms with van der Waals surface area (Å²) in [6.07, 6.45) is 7.07. The molecule has 0 bridgehead atoms. The van der Waals surface area contributed by atoms with Gasteiger partial charge in [0.1, 0.15) is 11.3 Å². The number of hydrogen-bond donors (Lipinski definition) is 2. The van der Waals surface area contributed by atoms with Gasteiger partial charge in [-0.15, -0.1) is 0 Å². The Morgan fingerprint density at radius 1 is 1.00 bits per heavy atom. The first-order chi connectivity index (χ1) is 18.1. The van der Waals surface area contributed by atoms with Crippen LogP contribution in [-0.2, 0) is 12.8 Å². The predicted molar refractivity (Wildman–Crippen MR) is 149 cm³/mol. The Balaban J connectivity index is 0.000000348. The van der Waals surface area contributed by atoms with Crippen molar-refractivity contribution < 1.29 is 4.79 Å². The van der Waals surface area contributed by atoms with Gasteiger partial charge >= 0.3 is 0 Å². The van der Waals surface area contributed by atoms with Gasteiger partial charge in [-0.25, -0.2) is 4.98 Å². The first-order valence-corrected chi connectivity index (χ1v) is 12.9. The Bertz CT molecular complexity index is 1470. The number of piperazine rings is 1. The molecule has 1 fully saturated rings. The van der Waals surface area contributed by atoms with Gasteiger partial charge in [0.15, 0.2) is 0 Å². The topological polar surface area (TPSA) is 61.7 Å². The SMILES string of the molecule is CN1CCNCC1.Cc1ccc(NC(=O)c2ccc3c(c2)CCC3)cc1C#Cc1cnc2ccccn12. The van der Waals surface area contributed by atoms with E-state index >= 15 is 0 Å². The van der Waals surface area contributed by atoms with E-state index in [0.717, 1.165) is 54.1 Å². The van der Waals surface area contributed by atoms with Crippen LogP contribution in [0.1, 0.15) is 44.7 Å². The van der Waals surface area contributed by atoms with E-state index in [-0.39, 0.29) is 5.91 Å². The summed E-state index contributed by atoms with van der Waals surface area (Å²) in [7, 11) is 2.15. The molecule has 0 unspecified atom stereocenters.